The Morgan fingerprint density at radius 2 is 1.95 bits per heavy atom. The van der Waals surface area contributed by atoms with Gasteiger partial charge in [-0.15, -0.1) is 0 Å². The Morgan fingerprint density at radius 1 is 1.26 bits per heavy atom. The summed E-state index contributed by atoms with van der Waals surface area (Å²) in [7, 11) is -2.94. The summed E-state index contributed by atoms with van der Waals surface area (Å²) in [6.07, 6.45) is -0.751. The van der Waals surface area contributed by atoms with Gasteiger partial charge in [0.1, 0.15) is 21.7 Å². The van der Waals surface area contributed by atoms with E-state index in [2.05, 4.69) is 15.3 Å². The number of azide groups is 1. The summed E-state index contributed by atoms with van der Waals surface area (Å²) in [5.41, 5.74) is 7.45. The Morgan fingerprint density at radius 3 is 2.59 bits per heavy atom. The van der Waals surface area contributed by atoms with Gasteiger partial charge in [-0.05, 0) is 63.4 Å². The van der Waals surface area contributed by atoms with Crippen LogP contribution in [0.2, 0.25) is 0 Å². The van der Waals surface area contributed by atoms with E-state index in [4.69, 9.17) is 15.3 Å². The first kappa shape index (κ1) is 28.3. The van der Waals surface area contributed by atoms with Crippen LogP contribution in [0.3, 0.4) is 0 Å². The molecule has 4 rings (SSSR count). The maximum Gasteiger partial charge on any atom is 0.414 e. The zero-order valence-electron chi connectivity index (χ0n) is 22.5. The first-order valence-corrected chi connectivity index (χ1v) is 13.9. The molecule has 0 saturated carbocycles. The van der Waals surface area contributed by atoms with Gasteiger partial charge in [0, 0.05) is 42.8 Å². The summed E-state index contributed by atoms with van der Waals surface area (Å²) in [6, 6.07) is 13.4. The Hall–Kier alpha value is -3.67. The third-order valence-electron chi connectivity index (χ3n) is 7.18. The molecule has 39 heavy (non-hydrogen) atoms. The van der Waals surface area contributed by atoms with Crippen molar-refractivity contribution in [1.29, 1.82) is 0 Å². The molecule has 2 heterocycles. The van der Waals surface area contributed by atoms with Gasteiger partial charge in [-0.3, -0.25) is 10.2 Å². The minimum Gasteiger partial charge on any atom is -0.444 e. The number of ether oxygens (including phenoxy) is 1. The number of hydrogen-bond acceptors (Lipinski definition) is 7. The summed E-state index contributed by atoms with van der Waals surface area (Å²) in [5, 5.41) is 6.02. The second kappa shape index (κ2) is 10.1. The van der Waals surface area contributed by atoms with Gasteiger partial charge in [0.25, 0.3) is 0 Å². The molecule has 0 bridgehead atoms. The topological polar surface area (TPSA) is 140 Å². The number of hydrogen-bond donors (Lipinski definition) is 1. The molecule has 2 aromatic rings. The van der Waals surface area contributed by atoms with E-state index in [-0.39, 0.29) is 30.2 Å². The highest BCUT2D eigenvalue weighted by molar-refractivity contribution is 7.91. The van der Waals surface area contributed by atoms with Crippen LogP contribution in [-0.2, 0) is 26.8 Å². The van der Waals surface area contributed by atoms with Crippen molar-refractivity contribution in [2.75, 3.05) is 20.1 Å². The zero-order valence-corrected chi connectivity index (χ0v) is 23.4. The lowest BCUT2D eigenvalue weighted by molar-refractivity contribution is 0.0558. The number of carbonyl (C=O) groups excluding carboxylic acids is 1. The third-order valence-corrected chi connectivity index (χ3v) is 9.79. The number of likely N-dealkylation sites (tertiary alicyclic amines) is 1. The van der Waals surface area contributed by atoms with E-state index in [0.29, 0.717) is 13.1 Å². The van der Waals surface area contributed by atoms with Crippen LogP contribution in [0, 0.1) is 5.82 Å². The number of amides is 1. The summed E-state index contributed by atoms with van der Waals surface area (Å²) >= 11 is 0. The average molecular weight is 558 g/mol. The molecule has 0 aliphatic carbocycles. The normalized spacial score (nSPS) is 24.7. The van der Waals surface area contributed by atoms with E-state index >= 15 is 4.39 Å². The first-order chi connectivity index (χ1) is 18.2. The predicted molar refractivity (Wildman–Crippen MR) is 145 cm³/mol. The number of halogens is 1. The number of guanidine groups is 1. The highest BCUT2D eigenvalue weighted by Gasteiger charge is 2.66. The summed E-state index contributed by atoms with van der Waals surface area (Å²) < 4.78 is 48.9. The number of carbonyl (C=O) groups is 1. The minimum absolute atomic E-state index is 0.0550. The number of rotatable bonds is 4. The molecule has 1 saturated heterocycles. The Bertz CT molecular complexity index is 1450. The monoisotopic (exact) mass is 557 g/mol. The number of nitrogens with one attached hydrogen (secondary N) is 1. The van der Waals surface area contributed by atoms with Crippen molar-refractivity contribution in [3.8, 4) is 0 Å². The highest BCUT2D eigenvalue weighted by atomic mass is 32.2. The van der Waals surface area contributed by atoms with Crippen molar-refractivity contribution < 1.29 is 22.3 Å². The summed E-state index contributed by atoms with van der Waals surface area (Å²) in [4.78, 5) is 22.1. The van der Waals surface area contributed by atoms with Crippen LogP contribution in [-0.4, -0.2) is 60.2 Å². The third kappa shape index (κ3) is 5.17. The van der Waals surface area contributed by atoms with Crippen molar-refractivity contribution >= 4 is 27.8 Å². The lowest BCUT2D eigenvalue weighted by atomic mass is 9.78. The van der Waals surface area contributed by atoms with Crippen molar-refractivity contribution in [3.05, 3.63) is 75.9 Å². The Kier molecular flexibility index (Phi) is 7.37. The molecule has 2 aliphatic rings. The second-order valence-corrected chi connectivity index (χ2v) is 13.2. The smallest absolute Gasteiger partial charge is 0.414 e. The van der Waals surface area contributed by atoms with Crippen molar-refractivity contribution in [3.63, 3.8) is 0 Å². The quantitative estimate of drug-likeness (QED) is 0.327. The van der Waals surface area contributed by atoms with E-state index in [1.807, 2.05) is 35.2 Å². The molecule has 1 N–H and O–H groups in total. The van der Waals surface area contributed by atoms with Gasteiger partial charge in [-0.1, -0.05) is 35.4 Å². The zero-order chi connectivity index (χ0) is 28.6. The van der Waals surface area contributed by atoms with Gasteiger partial charge in [0.05, 0.1) is 0 Å². The van der Waals surface area contributed by atoms with Crippen LogP contribution in [0.4, 0.5) is 14.9 Å². The van der Waals surface area contributed by atoms with Crippen LogP contribution < -0.4 is 5.32 Å². The van der Waals surface area contributed by atoms with Gasteiger partial charge in [-0.2, -0.15) is 0 Å². The first-order valence-electron chi connectivity index (χ1n) is 12.4. The van der Waals surface area contributed by atoms with E-state index in [1.54, 1.807) is 27.7 Å². The molecule has 1 spiro atoms. The summed E-state index contributed by atoms with van der Waals surface area (Å²) in [6.45, 7) is 7.52. The highest BCUT2D eigenvalue weighted by Crippen LogP contribution is 2.52. The SMILES string of the molecule is CN1C(NC(=O)OC(C)(C)C)=N[C@](C)(c2cc(N=[N+]=[N-])ccc2F)C2(CCN(Cc3ccccc3)C2)S1(=O)=O. The van der Waals surface area contributed by atoms with Crippen LogP contribution in [0.5, 0.6) is 0 Å². The van der Waals surface area contributed by atoms with Crippen LogP contribution >= 0.6 is 0 Å². The molecule has 1 fully saturated rings. The molecular weight excluding hydrogens is 525 g/mol. The number of benzene rings is 2. The molecule has 2 aromatic carbocycles. The van der Waals surface area contributed by atoms with Gasteiger partial charge in [0.2, 0.25) is 16.0 Å². The second-order valence-electron chi connectivity index (χ2n) is 10.9. The van der Waals surface area contributed by atoms with Gasteiger partial charge >= 0.3 is 6.09 Å². The lowest BCUT2D eigenvalue weighted by Crippen LogP contribution is -2.66. The fourth-order valence-corrected chi connectivity index (χ4v) is 7.45. The molecular formula is C26H32FN7O4S. The van der Waals surface area contributed by atoms with Crippen molar-refractivity contribution in [2.24, 2.45) is 10.1 Å². The Labute approximate surface area is 227 Å². The maximum absolute atomic E-state index is 15.5. The predicted octanol–water partition coefficient (Wildman–Crippen LogP) is 4.78. The molecule has 2 atom stereocenters. The number of sulfonamides is 1. The van der Waals surface area contributed by atoms with E-state index in [9.17, 15) is 13.2 Å². The van der Waals surface area contributed by atoms with Crippen LogP contribution in [0.15, 0.2) is 58.6 Å². The lowest BCUT2D eigenvalue weighted by Gasteiger charge is -2.49. The molecule has 1 amide bonds. The maximum atomic E-state index is 15.5. The Balaban J connectivity index is 1.87. The van der Waals surface area contributed by atoms with E-state index < -0.39 is 37.8 Å². The van der Waals surface area contributed by atoms with Crippen molar-refractivity contribution in [1.82, 2.24) is 14.5 Å². The number of alkyl carbamates (subject to hydrolysis) is 1. The fraction of sp³-hybridized carbons (Fsp3) is 0.462. The van der Waals surface area contributed by atoms with Gasteiger partial charge in [-0.25, -0.2) is 26.9 Å². The number of nitrogens with zero attached hydrogens (tertiary/aromatic N) is 6. The average Bonchev–Trinajstić information content (AvgIpc) is 3.29. The minimum atomic E-state index is -4.24. The van der Waals surface area contributed by atoms with Crippen LogP contribution in [0.25, 0.3) is 10.4 Å². The number of aliphatic imine (C=N–C) groups is 1. The van der Waals surface area contributed by atoms with Gasteiger partial charge in [0.15, 0.2) is 0 Å². The summed E-state index contributed by atoms with van der Waals surface area (Å²) in [5.74, 6) is -1.01. The molecule has 2 aliphatic heterocycles. The molecule has 13 heteroatoms. The standard InChI is InChI=1S/C26H32FN7O4S/c1-24(2,3)38-23(35)29-22-30-25(4,20-15-19(31-32-28)11-12-21(20)27)26(39(36,37)33(22)5)13-14-34(17-26)16-18-9-7-6-8-10-18/h6-12,15H,13-14,16-17H2,1-5H3,(H,29,30,35)/t25-,26?/m1/s1. The molecule has 11 nitrogen and oxygen atoms in total. The van der Waals surface area contributed by atoms with Crippen LogP contribution in [0.1, 0.15) is 45.2 Å². The molecule has 208 valence electrons. The largest absolute Gasteiger partial charge is 0.444 e. The molecule has 0 radical (unpaired) electrons. The van der Waals surface area contributed by atoms with Crippen molar-refractivity contribution in [2.45, 2.75) is 56.5 Å². The van der Waals surface area contributed by atoms with Gasteiger partial charge < -0.3 is 4.74 Å². The molecule has 0 aromatic heterocycles. The van der Waals surface area contributed by atoms with E-state index in [1.165, 1.54) is 19.2 Å². The fourth-order valence-electron chi connectivity index (χ4n) is 5.26. The molecule has 1 unspecified atom stereocenters. The van der Waals surface area contributed by atoms with E-state index in [0.717, 1.165) is 15.9 Å².